The third-order valence-corrected chi connectivity index (χ3v) is 3.63. The third kappa shape index (κ3) is 2.55. The molecule has 1 atom stereocenters. The fourth-order valence-electron chi connectivity index (χ4n) is 2.78. The zero-order valence-electron chi connectivity index (χ0n) is 11.2. The van der Waals surface area contributed by atoms with E-state index in [4.69, 9.17) is 5.73 Å². The van der Waals surface area contributed by atoms with Gasteiger partial charge in [-0.1, -0.05) is 25.1 Å². The van der Waals surface area contributed by atoms with Crippen molar-refractivity contribution in [2.75, 3.05) is 17.2 Å². The summed E-state index contributed by atoms with van der Waals surface area (Å²) in [6, 6.07) is 12.6. The molecular formula is C16H19N3. The summed E-state index contributed by atoms with van der Waals surface area (Å²) in [5.74, 6) is 0.684. The van der Waals surface area contributed by atoms with Gasteiger partial charge in [-0.05, 0) is 36.1 Å². The van der Waals surface area contributed by atoms with Gasteiger partial charge in [0.2, 0.25) is 0 Å². The van der Waals surface area contributed by atoms with Crippen molar-refractivity contribution in [1.29, 1.82) is 0 Å². The number of pyridine rings is 1. The van der Waals surface area contributed by atoms with Crippen molar-refractivity contribution in [2.24, 2.45) is 5.92 Å². The van der Waals surface area contributed by atoms with E-state index in [-0.39, 0.29) is 0 Å². The Kier molecular flexibility index (Phi) is 3.11. The van der Waals surface area contributed by atoms with Crippen LogP contribution in [0.1, 0.15) is 18.2 Å². The molecule has 1 aromatic heterocycles. The normalized spacial score (nSPS) is 18.2. The Bertz CT molecular complexity index is 562. The lowest BCUT2D eigenvalue weighted by atomic mass is 9.94. The molecule has 0 amide bonds. The highest BCUT2D eigenvalue weighted by atomic mass is 15.1. The van der Waals surface area contributed by atoms with Gasteiger partial charge < -0.3 is 10.6 Å². The summed E-state index contributed by atoms with van der Waals surface area (Å²) in [6.45, 7) is 4.24. The van der Waals surface area contributed by atoms with Crippen LogP contribution in [0.25, 0.3) is 0 Å². The van der Waals surface area contributed by atoms with E-state index in [2.05, 4.69) is 41.1 Å². The van der Waals surface area contributed by atoms with Crippen molar-refractivity contribution in [3.63, 3.8) is 0 Å². The van der Waals surface area contributed by atoms with Gasteiger partial charge in [0.1, 0.15) is 0 Å². The quantitative estimate of drug-likeness (QED) is 0.895. The number of nitrogen functional groups attached to an aromatic ring is 1. The minimum atomic E-state index is 0.684. The molecule has 2 N–H and O–H groups in total. The van der Waals surface area contributed by atoms with Crippen LogP contribution in [-0.4, -0.2) is 11.5 Å². The molecule has 0 radical (unpaired) electrons. The number of hydrogen-bond donors (Lipinski definition) is 1. The van der Waals surface area contributed by atoms with Gasteiger partial charge in [0.05, 0.1) is 24.1 Å². The summed E-state index contributed by atoms with van der Waals surface area (Å²) in [4.78, 5) is 6.82. The van der Waals surface area contributed by atoms with E-state index in [0.29, 0.717) is 5.92 Å². The number of fused-ring (bicyclic) bond motifs is 1. The van der Waals surface area contributed by atoms with Crippen LogP contribution in [0.2, 0.25) is 0 Å². The molecule has 0 aliphatic carbocycles. The smallest absolute Gasteiger partial charge is 0.0602 e. The van der Waals surface area contributed by atoms with Gasteiger partial charge >= 0.3 is 0 Å². The van der Waals surface area contributed by atoms with Crippen LogP contribution >= 0.6 is 0 Å². The number of rotatable bonds is 2. The van der Waals surface area contributed by atoms with Crippen LogP contribution in [0.3, 0.4) is 0 Å². The summed E-state index contributed by atoms with van der Waals surface area (Å²) >= 11 is 0. The molecule has 3 rings (SSSR count). The molecule has 0 saturated heterocycles. The molecule has 2 heterocycles. The Morgan fingerprint density at radius 1 is 1.26 bits per heavy atom. The second-order valence-corrected chi connectivity index (χ2v) is 5.40. The SMILES string of the molecule is CC1Cc2ccccc2N(Cc2ccc(N)cn2)C1. The number of nitrogens with zero attached hydrogens (tertiary/aromatic N) is 2. The first kappa shape index (κ1) is 12.0. The third-order valence-electron chi connectivity index (χ3n) is 3.63. The lowest BCUT2D eigenvalue weighted by Crippen LogP contribution is -2.34. The highest BCUT2D eigenvalue weighted by Gasteiger charge is 2.21. The highest BCUT2D eigenvalue weighted by molar-refractivity contribution is 5.56. The summed E-state index contributed by atoms with van der Waals surface area (Å²) in [7, 11) is 0. The van der Waals surface area contributed by atoms with E-state index in [1.54, 1.807) is 6.20 Å². The second kappa shape index (κ2) is 4.92. The largest absolute Gasteiger partial charge is 0.397 e. The predicted molar refractivity (Wildman–Crippen MR) is 79.0 cm³/mol. The van der Waals surface area contributed by atoms with Gasteiger partial charge in [0.15, 0.2) is 0 Å². The summed E-state index contributed by atoms with van der Waals surface area (Å²) in [5.41, 5.74) is 10.3. The van der Waals surface area contributed by atoms with E-state index in [1.165, 1.54) is 17.7 Å². The van der Waals surface area contributed by atoms with Gasteiger partial charge in [0, 0.05) is 12.2 Å². The maximum absolute atomic E-state index is 5.68. The lowest BCUT2D eigenvalue weighted by molar-refractivity contribution is 0.528. The minimum absolute atomic E-state index is 0.684. The average molecular weight is 253 g/mol. The van der Waals surface area contributed by atoms with Crippen molar-refractivity contribution < 1.29 is 0 Å². The standard InChI is InChI=1S/C16H19N3/c1-12-8-13-4-2-3-5-16(13)19(10-12)11-15-7-6-14(17)9-18-15/h2-7,9,12H,8,10-11,17H2,1H3. The summed E-state index contributed by atoms with van der Waals surface area (Å²) < 4.78 is 0. The number of hydrogen-bond acceptors (Lipinski definition) is 3. The van der Waals surface area contributed by atoms with Crippen molar-refractivity contribution in [3.8, 4) is 0 Å². The molecule has 98 valence electrons. The molecule has 19 heavy (non-hydrogen) atoms. The predicted octanol–water partition coefficient (Wildman–Crippen LogP) is 2.86. The van der Waals surface area contributed by atoms with Crippen LogP contribution < -0.4 is 10.6 Å². The molecule has 1 aliphatic heterocycles. The molecule has 0 spiro atoms. The molecule has 1 unspecified atom stereocenters. The lowest BCUT2D eigenvalue weighted by Gasteiger charge is -2.34. The van der Waals surface area contributed by atoms with Gasteiger partial charge in [-0.3, -0.25) is 4.98 Å². The zero-order chi connectivity index (χ0) is 13.2. The number of aromatic nitrogens is 1. The van der Waals surface area contributed by atoms with E-state index in [0.717, 1.165) is 24.5 Å². The zero-order valence-corrected chi connectivity index (χ0v) is 11.2. The first-order valence-electron chi connectivity index (χ1n) is 6.75. The molecule has 3 heteroatoms. The van der Waals surface area contributed by atoms with E-state index < -0.39 is 0 Å². The van der Waals surface area contributed by atoms with Crippen LogP contribution in [0, 0.1) is 5.92 Å². The van der Waals surface area contributed by atoms with Crippen LogP contribution in [0.15, 0.2) is 42.6 Å². The summed E-state index contributed by atoms with van der Waals surface area (Å²) in [5, 5.41) is 0. The molecule has 1 aromatic carbocycles. The number of para-hydroxylation sites is 1. The average Bonchev–Trinajstić information content (AvgIpc) is 2.41. The monoisotopic (exact) mass is 253 g/mol. The Balaban J connectivity index is 1.86. The van der Waals surface area contributed by atoms with Gasteiger partial charge in [0.25, 0.3) is 0 Å². The molecule has 0 fully saturated rings. The highest BCUT2D eigenvalue weighted by Crippen LogP contribution is 2.30. The first-order chi connectivity index (χ1) is 9.22. The summed E-state index contributed by atoms with van der Waals surface area (Å²) in [6.07, 6.45) is 2.90. The van der Waals surface area contributed by atoms with E-state index in [1.807, 2.05) is 12.1 Å². The maximum atomic E-state index is 5.68. The number of nitrogens with two attached hydrogens (primary N) is 1. The minimum Gasteiger partial charge on any atom is -0.397 e. The molecular weight excluding hydrogens is 234 g/mol. The Morgan fingerprint density at radius 2 is 2.11 bits per heavy atom. The van der Waals surface area contributed by atoms with E-state index in [9.17, 15) is 0 Å². The maximum Gasteiger partial charge on any atom is 0.0602 e. The van der Waals surface area contributed by atoms with Gasteiger partial charge in [-0.25, -0.2) is 0 Å². The van der Waals surface area contributed by atoms with Crippen molar-refractivity contribution in [3.05, 3.63) is 53.9 Å². The second-order valence-electron chi connectivity index (χ2n) is 5.40. The van der Waals surface area contributed by atoms with Crippen LogP contribution in [0.4, 0.5) is 11.4 Å². The van der Waals surface area contributed by atoms with Crippen molar-refractivity contribution in [2.45, 2.75) is 19.9 Å². The van der Waals surface area contributed by atoms with Crippen molar-refractivity contribution in [1.82, 2.24) is 4.98 Å². The van der Waals surface area contributed by atoms with E-state index >= 15 is 0 Å². The molecule has 3 nitrogen and oxygen atoms in total. The van der Waals surface area contributed by atoms with Crippen LogP contribution in [0.5, 0.6) is 0 Å². The molecule has 0 bridgehead atoms. The molecule has 1 aliphatic rings. The van der Waals surface area contributed by atoms with Crippen LogP contribution in [-0.2, 0) is 13.0 Å². The Labute approximate surface area is 114 Å². The van der Waals surface area contributed by atoms with Gasteiger partial charge in [-0.15, -0.1) is 0 Å². The number of benzene rings is 1. The Morgan fingerprint density at radius 3 is 2.89 bits per heavy atom. The molecule has 0 saturated carbocycles. The van der Waals surface area contributed by atoms with Crippen molar-refractivity contribution >= 4 is 11.4 Å². The fraction of sp³-hybridized carbons (Fsp3) is 0.312. The fourth-order valence-corrected chi connectivity index (χ4v) is 2.78. The first-order valence-corrected chi connectivity index (χ1v) is 6.75. The van der Waals surface area contributed by atoms with Gasteiger partial charge in [-0.2, -0.15) is 0 Å². The Hall–Kier alpha value is -2.03. The number of anilines is 2. The topological polar surface area (TPSA) is 42.1 Å². The molecule has 2 aromatic rings.